The monoisotopic (exact) mass is 280 g/mol. The minimum atomic E-state index is 0.0778. The highest BCUT2D eigenvalue weighted by molar-refractivity contribution is 5.93. The number of rotatable bonds is 3. The van der Waals surface area contributed by atoms with Crippen molar-refractivity contribution in [1.29, 1.82) is 0 Å². The number of nitrogens with one attached hydrogen (secondary N) is 1. The summed E-state index contributed by atoms with van der Waals surface area (Å²) >= 11 is 0. The maximum Gasteiger partial charge on any atom is 0.228 e. The molecule has 2 aromatic rings. The van der Waals surface area contributed by atoms with Crippen LogP contribution in [0.3, 0.4) is 0 Å². The van der Waals surface area contributed by atoms with Crippen molar-refractivity contribution in [2.24, 2.45) is 5.92 Å². The summed E-state index contributed by atoms with van der Waals surface area (Å²) in [6.07, 6.45) is 3.79. The first-order valence-electron chi connectivity index (χ1n) is 7.44. The second-order valence-corrected chi connectivity index (χ2v) is 5.82. The lowest BCUT2D eigenvalue weighted by atomic mass is 9.69. The van der Waals surface area contributed by atoms with Gasteiger partial charge >= 0.3 is 0 Å². The number of pyridine rings is 1. The van der Waals surface area contributed by atoms with Crippen LogP contribution in [0.4, 0.5) is 5.69 Å². The zero-order valence-corrected chi connectivity index (χ0v) is 12.5. The number of carbonyl (C=O) groups is 1. The van der Waals surface area contributed by atoms with Crippen molar-refractivity contribution in [3.05, 3.63) is 59.4 Å². The Morgan fingerprint density at radius 2 is 1.95 bits per heavy atom. The van der Waals surface area contributed by atoms with E-state index in [9.17, 15) is 4.79 Å². The molecule has 1 aliphatic rings. The fourth-order valence-corrected chi connectivity index (χ4v) is 2.86. The van der Waals surface area contributed by atoms with Gasteiger partial charge in [0.15, 0.2) is 0 Å². The average molecular weight is 280 g/mol. The molecule has 2 atom stereocenters. The Hall–Kier alpha value is -2.16. The zero-order valence-electron chi connectivity index (χ0n) is 12.5. The molecule has 1 aliphatic carbocycles. The fourth-order valence-electron chi connectivity index (χ4n) is 2.86. The number of carbonyl (C=O) groups excluding carboxylic acids is 1. The molecule has 0 aliphatic heterocycles. The van der Waals surface area contributed by atoms with Gasteiger partial charge in [-0.25, -0.2) is 0 Å². The van der Waals surface area contributed by atoms with Crippen LogP contribution in [0.1, 0.15) is 35.6 Å². The molecule has 0 bridgehead atoms. The molecule has 0 saturated heterocycles. The van der Waals surface area contributed by atoms with Crippen LogP contribution in [0.2, 0.25) is 0 Å². The van der Waals surface area contributed by atoms with Crippen molar-refractivity contribution in [1.82, 2.24) is 4.98 Å². The molecule has 1 saturated carbocycles. The smallest absolute Gasteiger partial charge is 0.228 e. The van der Waals surface area contributed by atoms with Gasteiger partial charge in [0, 0.05) is 11.6 Å². The normalized spacial score (nSPS) is 20.7. The van der Waals surface area contributed by atoms with Crippen LogP contribution in [-0.4, -0.2) is 10.9 Å². The third-order valence-corrected chi connectivity index (χ3v) is 4.45. The lowest BCUT2D eigenvalue weighted by molar-refractivity contribution is -0.123. The van der Waals surface area contributed by atoms with Gasteiger partial charge < -0.3 is 5.32 Å². The molecular formula is C18H20N2O. The van der Waals surface area contributed by atoms with Crippen molar-refractivity contribution in [2.75, 3.05) is 5.32 Å². The molecule has 1 amide bonds. The SMILES string of the molecule is Cc1cc(NC(=O)C2CCC2c2ccccc2)cnc1C. The minimum Gasteiger partial charge on any atom is -0.324 e. The summed E-state index contributed by atoms with van der Waals surface area (Å²) in [5, 5.41) is 3.01. The van der Waals surface area contributed by atoms with Gasteiger partial charge in [0.2, 0.25) is 5.91 Å². The summed E-state index contributed by atoms with van der Waals surface area (Å²) in [6.45, 7) is 3.98. The molecule has 3 heteroatoms. The van der Waals surface area contributed by atoms with Gasteiger partial charge in [-0.05, 0) is 49.8 Å². The van der Waals surface area contributed by atoms with E-state index in [1.165, 1.54) is 5.56 Å². The second kappa shape index (κ2) is 5.68. The molecule has 2 unspecified atom stereocenters. The summed E-state index contributed by atoms with van der Waals surface area (Å²) < 4.78 is 0. The van der Waals surface area contributed by atoms with E-state index < -0.39 is 0 Å². The van der Waals surface area contributed by atoms with Crippen molar-refractivity contribution in [3.63, 3.8) is 0 Å². The lowest BCUT2D eigenvalue weighted by Crippen LogP contribution is -2.35. The Kier molecular flexibility index (Phi) is 3.74. The van der Waals surface area contributed by atoms with E-state index in [-0.39, 0.29) is 11.8 Å². The van der Waals surface area contributed by atoms with E-state index in [0.29, 0.717) is 5.92 Å². The standard InChI is InChI=1S/C18H20N2O/c1-12-10-15(11-19-13(12)2)20-18(21)17-9-8-16(17)14-6-4-3-5-7-14/h3-7,10-11,16-17H,8-9H2,1-2H3,(H,20,21). The van der Waals surface area contributed by atoms with E-state index >= 15 is 0 Å². The van der Waals surface area contributed by atoms with Crippen molar-refractivity contribution < 1.29 is 4.79 Å². The van der Waals surface area contributed by atoms with E-state index in [1.54, 1.807) is 6.20 Å². The Bertz CT molecular complexity index is 652. The molecule has 1 heterocycles. The summed E-state index contributed by atoms with van der Waals surface area (Å²) in [4.78, 5) is 16.7. The van der Waals surface area contributed by atoms with E-state index in [2.05, 4.69) is 22.4 Å². The number of hydrogen-bond acceptors (Lipinski definition) is 2. The van der Waals surface area contributed by atoms with E-state index in [0.717, 1.165) is 29.8 Å². The van der Waals surface area contributed by atoms with Crippen molar-refractivity contribution in [3.8, 4) is 0 Å². The number of aryl methyl sites for hydroxylation is 2. The first-order chi connectivity index (χ1) is 10.1. The predicted molar refractivity (Wildman–Crippen MR) is 84.2 cm³/mol. The summed E-state index contributed by atoms with van der Waals surface area (Å²) in [5.74, 6) is 0.542. The van der Waals surface area contributed by atoms with Crippen LogP contribution in [0.15, 0.2) is 42.6 Å². The van der Waals surface area contributed by atoms with Crippen LogP contribution >= 0.6 is 0 Å². The Balaban J connectivity index is 1.70. The second-order valence-electron chi connectivity index (χ2n) is 5.82. The van der Waals surface area contributed by atoms with Crippen molar-refractivity contribution >= 4 is 11.6 Å². The molecule has 108 valence electrons. The maximum atomic E-state index is 12.4. The first-order valence-corrected chi connectivity index (χ1v) is 7.44. The van der Waals surface area contributed by atoms with Gasteiger partial charge in [0.05, 0.1) is 11.9 Å². The maximum absolute atomic E-state index is 12.4. The van der Waals surface area contributed by atoms with Gasteiger partial charge in [-0.15, -0.1) is 0 Å². The third-order valence-electron chi connectivity index (χ3n) is 4.45. The number of benzene rings is 1. The summed E-state index contributed by atoms with van der Waals surface area (Å²) in [6, 6.07) is 12.3. The van der Waals surface area contributed by atoms with Gasteiger partial charge in [-0.1, -0.05) is 30.3 Å². The van der Waals surface area contributed by atoms with Gasteiger partial charge in [0.1, 0.15) is 0 Å². The molecule has 1 N–H and O–H groups in total. The summed E-state index contributed by atoms with van der Waals surface area (Å²) in [7, 11) is 0. The fraction of sp³-hybridized carbons (Fsp3) is 0.333. The number of nitrogens with zero attached hydrogens (tertiary/aromatic N) is 1. The minimum absolute atomic E-state index is 0.0778. The van der Waals surface area contributed by atoms with Crippen LogP contribution in [0, 0.1) is 19.8 Å². The molecule has 1 fully saturated rings. The lowest BCUT2D eigenvalue weighted by Gasteiger charge is -2.35. The number of aromatic nitrogens is 1. The molecule has 3 nitrogen and oxygen atoms in total. The highest BCUT2D eigenvalue weighted by Gasteiger charge is 2.37. The molecule has 1 aromatic heterocycles. The van der Waals surface area contributed by atoms with Crippen LogP contribution in [0.5, 0.6) is 0 Å². The van der Waals surface area contributed by atoms with Gasteiger partial charge in [0.25, 0.3) is 0 Å². The van der Waals surface area contributed by atoms with Crippen LogP contribution in [0.25, 0.3) is 0 Å². The topological polar surface area (TPSA) is 42.0 Å². The predicted octanol–water partition coefficient (Wildman–Crippen LogP) is 3.83. The van der Waals surface area contributed by atoms with E-state index in [4.69, 9.17) is 0 Å². The van der Waals surface area contributed by atoms with Crippen LogP contribution < -0.4 is 5.32 Å². The third kappa shape index (κ3) is 2.82. The highest BCUT2D eigenvalue weighted by Crippen LogP contribution is 2.42. The molecule has 1 aromatic carbocycles. The zero-order chi connectivity index (χ0) is 14.8. The highest BCUT2D eigenvalue weighted by atomic mass is 16.1. The van der Waals surface area contributed by atoms with Crippen molar-refractivity contribution in [2.45, 2.75) is 32.6 Å². The number of anilines is 1. The summed E-state index contributed by atoms with van der Waals surface area (Å²) in [5.41, 5.74) is 4.16. The van der Waals surface area contributed by atoms with Gasteiger partial charge in [-0.2, -0.15) is 0 Å². The average Bonchev–Trinajstić information content (AvgIpc) is 2.43. The molecule has 3 rings (SSSR count). The Morgan fingerprint density at radius 3 is 2.57 bits per heavy atom. The largest absolute Gasteiger partial charge is 0.324 e. The molecular weight excluding hydrogens is 260 g/mol. The molecule has 0 radical (unpaired) electrons. The number of amides is 1. The number of hydrogen-bond donors (Lipinski definition) is 1. The first kappa shape index (κ1) is 13.8. The molecule has 21 heavy (non-hydrogen) atoms. The van der Waals surface area contributed by atoms with Gasteiger partial charge in [-0.3, -0.25) is 9.78 Å². The van der Waals surface area contributed by atoms with Crippen LogP contribution in [-0.2, 0) is 4.79 Å². The Labute approximate surface area is 125 Å². The quantitative estimate of drug-likeness (QED) is 0.928. The molecule has 0 spiro atoms. The Morgan fingerprint density at radius 1 is 1.19 bits per heavy atom. The van der Waals surface area contributed by atoms with E-state index in [1.807, 2.05) is 38.1 Å².